The zero-order valence-corrected chi connectivity index (χ0v) is 22.2. The van der Waals surface area contributed by atoms with Crippen molar-refractivity contribution in [1.82, 2.24) is 14.8 Å². The molecule has 1 N–H and O–H groups in total. The van der Waals surface area contributed by atoms with Crippen molar-refractivity contribution in [3.05, 3.63) is 101 Å². The number of hydrogen-bond acceptors (Lipinski definition) is 7. The molecule has 0 bridgehead atoms. The van der Waals surface area contributed by atoms with E-state index in [1.54, 1.807) is 30.1 Å². The van der Waals surface area contributed by atoms with Crippen molar-refractivity contribution >= 4 is 32.9 Å². The van der Waals surface area contributed by atoms with E-state index in [2.05, 4.69) is 69.6 Å². The van der Waals surface area contributed by atoms with E-state index in [0.29, 0.717) is 5.56 Å². The van der Waals surface area contributed by atoms with Gasteiger partial charge in [0.15, 0.2) is 0 Å². The molecule has 5 aromatic rings. The van der Waals surface area contributed by atoms with Gasteiger partial charge in [-0.15, -0.1) is 11.3 Å². The third kappa shape index (κ3) is 5.20. The lowest BCUT2D eigenvalue weighted by Crippen LogP contribution is -2.43. The van der Waals surface area contributed by atoms with Gasteiger partial charge in [0.25, 0.3) is 0 Å². The van der Waals surface area contributed by atoms with Gasteiger partial charge >= 0.3 is 0 Å². The molecule has 0 spiro atoms. The summed E-state index contributed by atoms with van der Waals surface area (Å²) in [6.45, 7) is 5.20. The highest BCUT2D eigenvalue weighted by atomic mass is 32.1. The van der Waals surface area contributed by atoms with Crippen LogP contribution < -0.4 is 5.32 Å². The van der Waals surface area contributed by atoms with E-state index in [1.165, 1.54) is 10.4 Å². The maximum absolute atomic E-state index is 10.0. The molecule has 1 fully saturated rings. The van der Waals surface area contributed by atoms with Crippen LogP contribution in [0.15, 0.2) is 83.8 Å². The van der Waals surface area contributed by atoms with Crippen LogP contribution in [0.4, 0.5) is 10.7 Å². The summed E-state index contributed by atoms with van der Waals surface area (Å²) < 4.78 is 5.21. The number of benzene rings is 2. The molecule has 1 aliphatic heterocycles. The molecule has 0 atom stereocenters. The van der Waals surface area contributed by atoms with Crippen LogP contribution in [0.2, 0.25) is 0 Å². The van der Waals surface area contributed by atoms with E-state index in [1.807, 2.05) is 24.3 Å². The minimum Gasteiger partial charge on any atom is -0.472 e. The second-order valence-corrected chi connectivity index (χ2v) is 11.0. The smallest absolute Gasteiger partial charge is 0.101 e. The average molecular weight is 520 g/mol. The number of piperazine rings is 1. The second-order valence-electron chi connectivity index (χ2n) is 9.84. The monoisotopic (exact) mass is 519 g/mol. The second kappa shape index (κ2) is 10.8. The number of nitriles is 1. The first-order chi connectivity index (χ1) is 18.7. The number of pyridine rings is 1. The summed E-state index contributed by atoms with van der Waals surface area (Å²) in [5.74, 6) is 0. The van der Waals surface area contributed by atoms with E-state index in [4.69, 9.17) is 4.42 Å². The van der Waals surface area contributed by atoms with Gasteiger partial charge in [0.05, 0.1) is 23.6 Å². The Morgan fingerprint density at radius 1 is 1.03 bits per heavy atom. The summed E-state index contributed by atoms with van der Waals surface area (Å²) in [4.78, 5) is 10.7. The fourth-order valence-corrected chi connectivity index (χ4v) is 6.13. The number of likely N-dealkylation sites (N-methyl/N-ethyl adjacent to an activating group) is 1. The summed E-state index contributed by atoms with van der Waals surface area (Å²) in [7, 11) is 2.18. The maximum Gasteiger partial charge on any atom is 0.101 e. The molecule has 0 saturated carbocycles. The number of fused-ring (bicyclic) bond motifs is 1. The molecule has 4 heterocycles. The SMILES string of the molecule is CN1CCN(Cc2cc(-c3c(C#N)cnc4ccccc34)c(Nc3ccc(Cc4ccoc4)cc3)s2)CC1. The molecule has 190 valence electrons. The van der Waals surface area contributed by atoms with Crippen LogP contribution in [0.1, 0.15) is 21.6 Å². The number of aromatic nitrogens is 1. The lowest BCUT2D eigenvalue weighted by atomic mass is 9.98. The number of rotatable bonds is 7. The maximum atomic E-state index is 10.0. The predicted octanol–water partition coefficient (Wildman–Crippen LogP) is 6.51. The molecule has 1 saturated heterocycles. The first-order valence-electron chi connectivity index (χ1n) is 12.8. The molecule has 0 radical (unpaired) electrons. The summed E-state index contributed by atoms with van der Waals surface area (Å²) >= 11 is 1.77. The number of thiophene rings is 1. The van der Waals surface area contributed by atoms with E-state index in [9.17, 15) is 5.26 Å². The number of para-hydroxylation sites is 1. The fraction of sp³-hybridized carbons (Fsp3) is 0.226. The molecule has 6 nitrogen and oxygen atoms in total. The molecule has 0 unspecified atom stereocenters. The minimum absolute atomic E-state index is 0.589. The van der Waals surface area contributed by atoms with Gasteiger partial charge in [-0.25, -0.2) is 0 Å². The van der Waals surface area contributed by atoms with Gasteiger partial charge in [-0.2, -0.15) is 5.26 Å². The minimum atomic E-state index is 0.589. The highest BCUT2D eigenvalue weighted by Crippen LogP contribution is 2.42. The summed E-state index contributed by atoms with van der Waals surface area (Å²) in [5, 5.41) is 15.7. The van der Waals surface area contributed by atoms with Gasteiger partial charge in [0, 0.05) is 72.4 Å². The van der Waals surface area contributed by atoms with Crippen LogP contribution >= 0.6 is 11.3 Å². The van der Waals surface area contributed by atoms with Crippen molar-refractivity contribution in [1.29, 1.82) is 5.26 Å². The third-order valence-corrected chi connectivity index (χ3v) is 8.16. The number of anilines is 2. The van der Waals surface area contributed by atoms with Crippen LogP contribution in [0, 0.1) is 11.3 Å². The Kier molecular flexibility index (Phi) is 6.93. The normalized spacial score (nSPS) is 14.5. The molecule has 0 amide bonds. The van der Waals surface area contributed by atoms with Crippen LogP contribution in [0.5, 0.6) is 0 Å². The van der Waals surface area contributed by atoms with Crippen LogP contribution in [0.3, 0.4) is 0 Å². The molecule has 6 rings (SSSR count). The summed E-state index contributed by atoms with van der Waals surface area (Å²) in [5.41, 5.74) is 6.88. The first kappa shape index (κ1) is 24.4. The van der Waals surface area contributed by atoms with E-state index in [-0.39, 0.29) is 0 Å². The molecule has 7 heteroatoms. The lowest BCUT2D eigenvalue weighted by Gasteiger charge is -2.31. The Hall–Kier alpha value is -3.96. The van der Waals surface area contributed by atoms with Gasteiger partial charge in [-0.3, -0.25) is 9.88 Å². The number of hydrogen-bond donors (Lipinski definition) is 1. The Morgan fingerprint density at radius 2 is 1.84 bits per heavy atom. The highest BCUT2D eigenvalue weighted by Gasteiger charge is 2.21. The molecular weight excluding hydrogens is 490 g/mol. The largest absolute Gasteiger partial charge is 0.472 e. The van der Waals surface area contributed by atoms with Crippen molar-refractivity contribution in [2.75, 3.05) is 38.5 Å². The molecule has 3 aromatic heterocycles. The zero-order chi connectivity index (χ0) is 25.9. The molecule has 1 aliphatic rings. The highest BCUT2D eigenvalue weighted by molar-refractivity contribution is 7.16. The van der Waals surface area contributed by atoms with Crippen molar-refractivity contribution in [2.24, 2.45) is 0 Å². The van der Waals surface area contributed by atoms with E-state index in [0.717, 1.165) is 77.4 Å². The van der Waals surface area contributed by atoms with Gasteiger partial charge < -0.3 is 14.6 Å². The predicted molar refractivity (Wildman–Crippen MR) is 154 cm³/mol. The van der Waals surface area contributed by atoms with Gasteiger partial charge in [0.2, 0.25) is 0 Å². The van der Waals surface area contributed by atoms with Crippen LogP contribution in [-0.4, -0.2) is 48.0 Å². The van der Waals surface area contributed by atoms with Crippen LogP contribution in [-0.2, 0) is 13.0 Å². The Bertz CT molecular complexity index is 1580. The van der Waals surface area contributed by atoms with Crippen molar-refractivity contribution in [3.63, 3.8) is 0 Å². The van der Waals surface area contributed by atoms with Gasteiger partial charge in [-0.05, 0) is 48.5 Å². The Balaban J connectivity index is 1.36. The summed E-state index contributed by atoms with van der Waals surface area (Å²) in [6.07, 6.45) is 6.04. The van der Waals surface area contributed by atoms with Crippen molar-refractivity contribution in [3.8, 4) is 17.2 Å². The van der Waals surface area contributed by atoms with Gasteiger partial charge in [0.1, 0.15) is 11.1 Å². The summed E-state index contributed by atoms with van der Waals surface area (Å²) in [6, 6.07) is 23.3. The Morgan fingerprint density at radius 3 is 2.61 bits per heavy atom. The average Bonchev–Trinajstić information content (AvgIpc) is 3.60. The first-order valence-corrected chi connectivity index (χ1v) is 13.7. The van der Waals surface area contributed by atoms with Crippen molar-refractivity contribution in [2.45, 2.75) is 13.0 Å². The van der Waals surface area contributed by atoms with Gasteiger partial charge in [-0.1, -0.05) is 30.3 Å². The molecule has 0 aliphatic carbocycles. The van der Waals surface area contributed by atoms with E-state index >= 15 is 0 Å². The number of nitrogens with zero attached hydrogens (tertiary/aromatic N) is 4. The van der Waals surface area contributed by atoms with E-state index < -0.39 is 0 Å². The topological polar surface area (TPSA) is 68.3 Å². The number of furan rings is 1. The molecule has 2 aromatic carbocycles. The Labute approximate surface area is 226 Å². The zero-order valence-electron chi connectivity index (χ0n) is 21.4. The molecule has 38 heavy (non-hydrogen) atoms. The standard InChI is InChI=1S/C31H29N5OS/c1-35-11-13-36(14-12-35)20-26-17-28(30-24(18-32)19-33-29-5-3-2-4-27(29)30)31(38-26)34-25-8-6-22(7-9-25)16-23-10-15-37-21-23/h2-10,15,17,19,21,34H,11-14,16,20H2,1H3. The number of nitrogens with one attached hydrogen (secondary N) is 1. The third-order valence-electron chi connectivity index (χ3n) is 7.12. The fourth-order valence-electron chi connectivity index (χ4n) is 5.01. The van der Waals surface area contributed by atoms with Crippen molar-refractivity contribution < 1.29 is 4.42 Å². The quantitative estimate of drug-likeness (QED) is 0.264. The van der Waals surface area contributed by atoms with Crippen LogP contribution in [0.25, 0.3) is 22.0 Å². The molecular formula is C31H29N5OS. The lowest BCUT2D eigenvalue weighted by molar-refractivity contribution is 0.149.